The van der Waals surface area contributed by atoms with E-state index in [1.165, 1.54) is 24.3 Å². The Balaban J connectivity index is 0.00000288. The summed E-state index contributed by atoms with van der Waals surface area (Å²) in [6, 6.07) is 5.46. The first-order valence-electron chi connectivity index (χ1n) is 6.43. The fourth-order valence-corrected chi connectivity index (χ4v) is 6.52. The molecule has 12 nitrogen and oxygen atoms in total. The molecule has 1 aliphatic rings. The van der Waals surface area contributed by atoms with Crippen molar-refractivity contribution < 1.29 is 47.1 Å². The molecule has 13 heteroatoms. The normalized spacial score (nSPS) is 22.4. The quantitative estimate of drug-likeness (QED) is 0.180. The van der Waals surface area contributed by atoms with Gasteiger partial charge in [0.2, 0.25) is 0 Å². The van der Waals surface area contributed by atoms with Crippen molar-refractivity contribution >= 4 is 36.2 Å². The summed E-state index contributed by atoms with van der Waals surface area (Å²) in [5.41, 5.74) is -0.106. The summed E-state index contributed by atoms with van der Waals surface area (Å²) >= 11 is -3.09. The van der Waals surface area contributed by atoms with Gasteiger partial charge in [-0.2, -0.15) is 0 Å². The number of hydrogen-bond donors (Lipinski definition) is 4. The molecule has 1 saturated heterocycles. The zero-order valence-electron chi connectivity index (χ0n) is 12.6. The van der Waals surface area contributed by atoms with E-state index in [0.717, 1.165) is 0 Å². The van der Waals surface area contributed by atoms with Gasteiger partial charge in [0, 0.05) is 0 Å². The summed E-state index contributed by atoms with van der Waals surface area (Å²) in [7, 11) is 0. The van der Waals surface area contributed by atoms with Gasteiger partial charge < -0.3 is 11.0 Å². The van der Waals surface area contributed by atoms with Crippen LogP contribution in [0.25, 0.3) is 0 Å². The van der Waals surface area contributed by atoms with Crippen molar-refractivity contribution in [3.05, 3.63) is 34.4 Å². The molecule has 0 aromatic heterocycles. The van der Waals surface area contributed by atoms with Gasteiger partial charge in [0.25, 0.3) is 0 Å². The molecule has 4 atom stereocenters. The molecule has 142 valence electrons. The molecule has 25 heavy (non-hydrogen) atoms. The SMILES string of the molecule is O.O.O=C(O)C(O)C(O)C1[O][Sb]([c]2ccc([N+](=O)[O-])cc2)[O]C1CO. The molecule has 8 N–H and O–H groups in total. The molecular formula is C12H18NO11Sb. The molecule has 1 aromatic carbocycles. The van der Waals surface area contributed by atoms with Crippen molar-refractivity contribution in [2.75, 3.05) is 6.61 Å². The van der Waals surface area contributed by atoms with Crippen LogP contribution in [0.4, 0.5) is 5.69 Å². The van der Waals surface area contributed by atoms with E-state index in [2.05, 4.69) is 0 Å². The van der Waals surface area contributed by atoms with Gasteiger partial charge in [-0.15, -0.1) is 0 Å². The van der Waals surface area contributed by atoms with Gasteiger partial charge in [0.05, 0.1) is 0 Å². The molecule has 0 radical (unpaired) electrons. The summed E-state index contributed by atoms with van der Waals surface area (Å²) in [5, 5.41) is 47.9. The van der Waals surface area contributed by atoms with E-state index in [4.69, 9.17) is 11.1 Å². The van der Waals surface area contributed by atoms with Crippen LogP contribution in [-0.2, 0) is 10.8 Å². The number of carboxylic acids is 1. The van der Waals surface area contributed by atoms with Gasteiger partial charge in [-0.1, -0.05) is 0 Å². The molecule has 0 saturated carbocycles. The molecule has 2 rings (SSSR count). The van der Waals surface area contributed by atoms with Crippen molar-refractivity contribution in [1.29, 1.82) is 0 Å². The molecule has 0 amide bonds. The predicted molar refractivity (Wildman–Crippen MR) is 82.2 cm³/mol. The van der Waals surface area contributed by atoms with Gasteiger partial charge >= 0.3 is 138 Å². The second kappa shape index (κ2) is 9.94. The first-order valence-corrected chi connectivity index (χ1v) is 9.79. The molecular weight excluding hydrogens is 456 g/mol. The molecule has 0 aliphatic carbocycles. The number of non-ortho nitro benzene ring substituents is 1. The summed E-state index contributed by atoms with van der Waals surface area (Å²) in [4.78, 5) is 20.8. The zero-order chi connectivity index (χ0) is 17.1. The second-order valence-electron chi connectivity index (χ2n) is 4.70. The average molecular weight is 474 g/mol. The number of nitrogens with zero attached hydrogens (tertiary/aromatic N) is 1. The summed E-state index contributed by atoms with van der Waals surface area (Å²) in [6.07, 6.45) is -6.01. The molecule has 1 aromatic rings. The minimum absolute atomic E-state index is 0. The molecule has 1 fully saturated rings. The van der Waals surface area contributed by atoms with Gasteiger partial charge in [-0.25, -0.2) is 0 Å². The van der Waals surface area contributed by atoms with Crippen LogP contribution >= 0.6 is 0 Å². The van der Waals surface area contributed by atoms with Crippen molar-refractivity contribution in [3.63, 3.8) is 0 Å². The van der Waals surface area contributed by atoms with Crippen LogP contribution in [0.1, 0.15) is 0 Å². The maximum absolute atomic E-state index is 10.7. The topological polar surface area (TPSA) is 223 Å². The van der Waals surface area contributed by atoms with E-state index < -0.39 is 63.0 Å². The number of nitro benzene ring substituents is 1. The third-order valence-electron chi connectivity index (χ3n) is 3.18. The van der Waals surface area contributed by atoms with Crippen LogP contribution in [0.5, 0.6) is 0 Å². The monoisotopic (exact) mass is 473 g/mol. The summed E-state index contributed by atoms with van der Waals surface area (Å²) < 4.78 is 11.6. The summed E-state index contributed by atoms with van der Waals surface area (Å²) in [5.74, 6) is -1.62. The molecule has 1 aliphatic heterocycles. The number of aliphatic carboxylic acids is 1. The number of benzene rings is 1. The van der Waals surface area contributed by atoms with E-state index in [-0.39, 0.29) is 16.6 Å². The van der Waals surface area contributed by atoms with E-state index in [9.17, 15) is 30.2 Å². The van der Waals surface area contributed by atoms with Crippen LogP contribution < -0.4 is 3.51 Å². The van der Waals surface area contributed by atoms with Gasteiger partial charge in [0.1, 0.15) is 0 Å². The Labute approximate surface area is 149 Å². The van der Waals surface area contributed by atoms with E-state index in [1.807, 2.05) is 0 Å². The van der Waals surface area contributed by atoms with Gasteiger partial charge in [-0.05, 0) is 0 Å². The minimum atomic E-state index is -3.09. The van der Waals surface area contributed by atoms with Crippen LogP contribution in [0.3, 0.4) is 0 Å². The van der Waals surface area contributed by atoms with Crippen molar-refractivity contribution in [1.82, 2.24) is 0 Å². The fraction of sp³-hybridized carbons (Fsp3) is 0.417. The fourth-order valence-electron chi connectivity index (χ4n) is 1.95. The molecule has 4 unspecified atom stereocenters. The van der Waals surface area contributed by atoms with Crippen molar-refractivity contribution in [3.8, 4) is 0 Å². The van der Waals surface area contributed by atoms with Crippen LogP contribution in [-0.4, -0.2) is 94.3 Å². The number of hydrogen-bond acceptors (Lipinski definition) is 8. The number of aliphatic hydroxyl groups is 3. The van der Waals surface area contributed by atoms with Crippen LogP contribution in [0.2, 0.25) is 0 Å². The van der Waals surface area contributed by atoms with Crippen molar-refractivity contribution in [2.24, 2.45) is 0 Å². The van der Waals surface area contributed by atoms with Crippen LogP contribution in [0, 0.1) is 10.1 Å². The zero-order valence-corrected chi connectivity index (χ0v) is 15.1. The number of nitro groups is 1. The number of rotatable bonds is 6. The van der Waals surface area contributed by atoms with E-state index in [1.54, 1.807) is 0 Å². The van der Waals surface area contributed by atoms with Gasteiger partial charge in [0.15, 0.2) is 0 Å². The average Bonchev–Trinajstić information content (AvgIpc) is 2.97. The standard InChI is InChI=1S/C6H4NO2.C6H10O7.2H2O.Sb/c8-7(9)6-4-2-1-3-5-6;7-1-2(8)3(9)4(10)5(11)6(12)13;;;/h2-5H;2-5,7,10-11H,1H2,(H,12,13);2*1H2;/q;-2;;;+2. The van der Waals surface area contributed by atoms with Crippen LogP contribution in [0.15, 0.2) is 24.3 Å². The third kappa shape index (κ3) is 5.30. The molecule has 1 heterocycles. The van der Waals surface area contributed by atoms with Crippen molar-refractivity contribution in [2.45, 2.75) is 24.4 Å². The number of carboxylic acid groups (broad SMARTS) is 1. The summed E-state index contributed by atoms with van der Waals surface area (Å²) in [6.45, 7) is -0.526. The molecule has 0 spiro atoms. The third-order valence-corrected chi connectivity index (χ3v) is 7.79. The Morgan fingerprint density at radius 2 is 1.80 bits per heavy atom. The predicted octanol–water partition coefficient (Wildman–Crippen LogP) is -3.78. The molecule has 0 bridgehead atoms. The Morgan fingerprint density at radius 1 is 1.24 bits per heavy atom. The number of carbonyl (C=O) groups is 1. The van der Waals surface area contributed by atoms with E-state index in [0.29, 0.717) is 3.51 Å². The Kier molecular flexibility index (Phi) is 9.40. The first kappa shape index (κ1) is 23.6. The van der Waals surface area contributed by atoms with E-state index >= 15 is 0 Å². The Bertz CT molecular complexity index is 583. The second-order valence-corrected chi connectivity index (χ2v) is 8.85. The Hall–Kier alpha value is -1.37. The Morgan fingerprint density at radius 3 is 2.24 bits per heavy atom. The van der Waals surface area contributed by atoms with Gasteiger partial charge in [-0.3, -0.25) is 0 Å². The first-order chi connectivity index (χ1) is 10.8. The maximum atomic E-state index is 10.7. The number of aliphatic hydroxyl groups excluding tert-OH is 3.